The first-order valence-electron chi connectivity index (χ1n) is 12.5. The van der Waals surface area contributed by atoms with E-state index in [2.05, 4.69) is 20.2 Å². The number of thioether (sulfide) groups is 1. The van der Waals surface area contributed by atoms with E-state index >= 15 is 0 Å². The minimum absolute atomic E-state index is 0.0283. The van der Waals surface area contributed by atoms with E-state index < -0.39 is 15.6 Å². The van der Waals surface area contributed by atoms with Gasteiger partial charge in [-0.15, -0.1) is 11.3 Å². The van der Waals surface area contributed by atoms with Crippen molar-refractivity contribution in [1.29, 1.82) is 0 Å². The third-order valence-corrected chi connectivity index (χ3v) is 9.34. The predicted octanol–water partition coefficient (Wildman–Crippen LogP) is 3.30. The SMILES string of the molecule is COc1ccc(C2CC(c3cccs3)=NN2C(=O)CSc2nc3c(cnn3-c3ccc(S(N)(=O)=O)cc3)c(=O)[nH]2)cc1. The van der Waals surface area contributed by atoms with E-state index in [0.29, 0.717) is 12.1 Å². The number of nitrogens with one attached hydrogen (secondary N) is 1. The van der Waals surface area contributed by atoms with E-state index in [-0.39, 0.29) is 38.8 Å². The second-order valence-corrected chi connectivity index (χ2v) is 12.7. The highest BCUT2D eigenvalue weighted by molar-refractivity contribution is 7.99. The van der Waals surface area contributed by atoms with Crippen LogP contribution in [-0.4, -0.2) is 57.7 Å². The molecule has 4 heterocycles. The number of fused-ring (bicyclic) bond motifs is 1. The van der Waals surface area contributed by atoms with Gasteiger partial charge in [-0.1, -0.05) is 30.0 Å². The summed E-state index contributed by atoms with van der Waals surface area (Å²) in [6, 6.07) is 16.9. The van der Waals surface area contributed by atoms with Crippen molar-refractivity contribution in [3.63, 3.8) is 0 Å². The van der Waals surface area contributed by atoms with Gasteiger partial charge in [0.2, 0.25) is 10.0 Å². The van der Waals surface area contributed by atoms with Crippen LogP contribution in [0.1, 0.15) is 22.9 Å². The molecular formula is C27H23N7O5S3. The Morgan fingerprint density at radius 3 is 2.60 bits per heavy atom. The fourth-order valence-corrected chi connectivity index (χ4v) is 6.49. The molecule has 1 aliphatic heterocycles. The zero-order valence-corrected chi connectivity index (χ0v) is 24.4. The van der Waals surface area contributed by atoms with Gasteiger partial charge in [0.1, 0.15) is 11.1 Å². The monoisotopic (exact) mass is 621 g/mol. The zero-order chi connectivity index (χ0) is 29.4. The fourth-order valence-electron chi connectivity index (χ4n) is 4.55. The molecule has 1 unspecified atom stereocenters. The molecule has 2 aromatic carbocycles. The molecule has 15 heteroatoms. The lowest BCUT2D eigenvalue weighted by Crippen LogP contribution is -2.28. The van der Waals surface area contributed by atoms with Gasteiger partial charge in [-0.05, 0) is 53.4 Å². The van der Waals surface area contributed by atoms with Crippen molar-refractivity contribution in [1.82, 2.24) is 24.8 Å². The molecule has 3 aromatic heterocycles. The number of rotatable bonds is 8. The lowest BCUT2D eigenvalue weighted by Gasteiger charge is -2.22. The Balaban J connectivity index is 1.26. The van der Waals surface area contributed by atoms with Crippen molar-refractivity contribution < 1.29 is 17.9 Å². The summed E-state index contributed by atoms with van der Waals surface area (Å²) in [6.45, 7) is 0. The molecule has 3 N–H and O–H groups in total. The quantitative estimate of drug-likeness (QED) is 0.197. The number of benzene rings is 2. The molecule has 12 nitrogen and oxygen atoms in total. The second-order valence-electron chi connectivity index (χ2n) is 9.25. The molecule has 1 amide bonds. The maximum atomic E-state index is 13.5. The first-order chi connectivity index (χ1) is 20.2. The van der Waals surface area contributed by atoms with Crippen LogP contribution in [-0.2, 0) is 14.8 Å². The van der Waals surface area contributed by atoms with Gasteiger partial charge in [0.25, 0.3) is 11.5 Å². The number of thiophene rings is 1. The van der Waals surface area contributed by atoms with E-state index in [1.807, 2.05) is 41.8 Å². The third-order valence-electron chi connectivity index (χ3n) is 6.63. The van der Waals surface area contributed by atoms with E-state index in [1.54, 1.807) is 18.4 Å². The number of nitrogens with zero attached hydrogens (tertiary/aromatic N) is 5. The molecule has 0 saturated carbocycles. The summed E-state index contributed by atoms with van der Waals surface area (Å²) in [4.78, 5) is 34.5. The Morgan fingerprint density at radius 1 is 1.17 bits per heavy atom. The van der Waals surface area contributed by atoms with E-state index in [0.717, 1.165) is 33.7 Å². The lowest BCUT2D eigenvalue weighted by atomic mass is 10.0. The van der Waals surface area contributed by atoms with Crippen LogP contribution in [0.5, 0.6) is 5.75 Å². The van der Waals surface area contributed by atoms with Gasteiger partial charge in [-0.25, -0.2) is 28.2 Å². The van der Waals surface area contributed by atoms with Gasteiger partial charge in [0.15, 0.2) is 10.8 Å². The summed E-state index contributed by atoms with van der Waals surface area (Å²) in [5.74, 6) is 0.441. The number of carbonyl (C=O) groups is 1. The van der Waals surface area contributed by atoms with Crippen LogP contribution >= 0.6 is 23.1 Å². The molecular weight excluding hydrogens is 599 g/mol. The highest BCUT2D eigenvalue weighted by atomic mass is 32.2. The summed E-state index contributed by atoms with van der Waals surface area (Å²) in [7, 11) is -2.26. The van der Waals surface area contributed by atoms with Crippen LogP contribution < -0.4 is 15.4 Å². The number of sulfonamides is 1. The van der Waals surface area contributed by atoms with Crippen molar-refractivity contribution in [2.45, 2.75) is 22.5 Å². The summed E-state index contributed by atoms with van der Waals surface area (Å²) in [6.07, 6.45) is 1.94. The Kier molecular flexibility index (Phi) is 7.40. The summed E-state index contributed by atoms with van der Waals surface area (Å²) < 4.78 is 29.9. The van der Waals surface area contributed by atoms with Crippen LogP contribution in [0.15, 0.2) is 92.2 Å². The molecule has 0 spiro atoms. The Hall–Kier alpha value is -4.31. The van der Waals surface area contributed by atoms with Gasteiger partial charge < -0.3 is 9.72 Å². The molecule has 214 valence electrons. The Bertz CT molecular complexity index is 1970. The molecule has 0 radical (unpaired) electrons. The normalized spacial score (nSPS) is 15.2. The summed E-state index contributed by atoms with van der Waals surface area (Å²) in [5.41, 5.74) is 2.08. The molecule has 42 heavy (non-hydrogen) atoms. The summed E-state index contributed by atoms with van der Waals surface area (Å²) in [5, 5.41) is 18.1. The van der Waals surface area contributed by atoms with Gasteiger partial charge in [-0.3, -0.25) is 9.59 Å². The van der Waals surface area contributed by atoms with Crippen LogP contribution in [0.3, 0.4) is 0 Å². The minimum atomic E-state index is -3.86. The first kappa shape index (κ1) is 27.8. The van der Waals surface area contributed by atoms with Crippen LogP contribution in [0.2, 0.25) is 0 Å². The third kappa shape index (κ3) is 5.46. The van der Waals surface area contributed by atoms with Crippen LogP contribution in [0.25, 0.3) is 16.7 Å². The van der Waals surface area contributed by atoms with Gasteiger partial charge in [0.05, 0.1) is 46.3 Å². The van der Waals surface area contributed by atoms with Crippen LogP contribution in [0.4, 0.5) is 0 Å². The molecule has 6 rings (SSSR count). The number of carbonyl (C=O) groups excluding carboxylic acids is 1. The maximum Gasteiger partial charge on any atom is 0.262 e. The number of primary sulfonamides is 1. The number of amides is 1. The molecule has 0 bridgehead atoms. The largest absolute Gasteiger partial charge is 0.497 e. The van der Waals surface area contributed by atoms with Gasteiger partial charge in [-0.2, -0.15) is 10.2 Å². The van der Waals surface area contributed by atoms with Crippen molar-refractivity contribution in [2.24, 2.45) is 10.2 Å². The summed E-state index contributed by atoms with van der Waals surface area (Å²) >= 11 is 2.64. The van der Waals surface area contributed by atoms with Crippen molar-refractivity contribution in [3.8, 4) is 11.4 Å². The van der Waals surface area contributed by atoms with Crippen molar-refractivity contribution >= 4 is 55.8 Å². The average Bonchev–Trinajstić information content (AvgIpc) is 3.76. The first-order valence-corrected chi connectivity index (χ1v) is 15.9. The highest BCUT2D eigenvalue weighted by Crippen LogP contribution is 2.35. The predicted molar refractivity (Wildman–Crippen MR) is 160 cm³/mol. The highest BCUT2D eigenvalue weighted by Gasteiger charge is 2.33. The number of aromatic amines is 1. The molecule has 0 aliphatic carbocycles. The topological polar surface area (TPSA) is 166 Å². The number of hydrazone groups is 1. The van der Waals surface area contributed by atoms with E-state index in [9.17, 15) is 18.0 Å². The Morgan fingerprint density at radius 2 is 1.93 bits per heavy atom. The van der Waals surface area contributed by atoms with Crippen molar-refractivity contribution in [2.75, 3.05) is 12.9 Å². The van der Waals surface area contributed by atoms with Gasteiger partial charge in [0, 0.05) is 6.42 Å². The molecule has 0 fully saturated rings. The second kappa shape index (κ2) is 11.2. The van der Waals surface area contributed by atoms with E-state index in [1.165, 1.54) is 40.2 Å². The molecule has 1 aliphatic rings. The number of nitrogens with two attached hydrogens (primary N) is 1. The van der Waals surface area contributed by atoms with Crippen LogP contribution in [0, 0.1) is 0 Å². The number of methoxy groups -OCH3 is 1. The fraction of sp³-hybridized carbons (Fsp3) is 0.148. The number of aromatic nitrogens is 4. The number of hydrogen-bond acceptors (Lipinski definition) is 10. The smallest absolute Gasteiger partial charge is 0.262 e. The van der Waals surface area contributed by atoms with Gasteiger partial charge >= 0.3 is 0 Å². The number of hydrogen-bond donors (Lipinski definition) is 2. The lowest BCUT2D eigenvalue weighted by molar-refractivity contribution is -0.130. The number of ether oxygens (including phenoxy) is 1. The zero-order valence-electron chi connectivity index (χ0n) is 22.0. The molecule has 1 atom stereocenters. The standard InChI is InChI=1S/C27H23N7O5S3/c1-39-18-8-4-16(5-9-18)22-13-21(23-3-2-12-40-23)32-34(22)24(35)15-41-27-30-25-20(26(36)31-27)14-29-33(25)17-6-10-19(11-7-17)42(28,37)38/h2-12,14,22H,13,15H2,1H3,(H2,28,37,38)(H,30,31,36). The average molecular weight is 622 g/mol. The molecule has 0 saturated heterocycles. The minimum Gasteiger partial charge on any atom is -0.497 e. The molecule has 5 aromatic rings. The van der Waals surface area contributed by atoms with E-state index in [4.69, 9.17) is 9.88 Å². The Labute approximate surface area is 247 Å². The van der Waals surface area contributed by atoms with Crippen molar-refractivity contribution in [3.05, 3.63) is 93.0 Å². The number of H-pyrrole nitrogens is 1. The maximum absolute atomic E-state index is 13.5.